The third-order valence-corrected chi connectivity index (χ3v) is 9.72. The molecule has 7 rings (SSSR count). The molecule has 1 aliphatic heterocycles. The number of rotatable bonds is 6. The van der Waals surface area contributed by atoms with Gasteiger partial charge in [0.2, 0.25) is 0 Å². The summed E-state index contributed by atoms with van der Waals surface area (Å²) in [5.74, 6) is 1.50. The van der Waals surface area contributed by atoms with Crippen LogP contribution in [0.15, 0.2) is 111 Å². The first-order chi connectivity index (χ1) is 21.0. The normalized spacial score (nSPS) is 15.8. The van der Waals surface area contributed by atoms with Gasteiger partial charge in [-0.25, -0.2) is 4.99 Å². The first kappa shape index (κ1) is 27.9. The lowest BCUT2D eigenvalue weighted by Crippen LogP contribution is -2.38. The molecule has 0 amide bonds. The standard InChI is InChI=1S/C35H26BrClN2O3S/c1-41-26-14-9-24(10-15-26)33-28-16-11-23-4-2-3-5-27(23)32(28)38-35-39(33)34(40)31(43-35)19-22-8-17-30(29(36)18-22)42-20-21-6-12-25(37)13-7-21/h2-10,12-15,17-19,33H,11,16,20H2,1H3/b31-19-/t33-/m0/s1. The Morgan fingerprint density at radius 3 is 2.58 bits per heavy atom. The number of methoxy groups -OCH3 is 1. The zero-order valence-corrected chi connectivity index (χ0v) is 26.4. The molecule has 5 nitrogen and oxygen atoms in total. The molecule has 4 aromatic carbocycles. The van der Waals surface area contributed by atoms with Crippen LogP contribution in [0.4, 0.5) is 0 Å². The first-order valence-electron chi connectivity index (χ1n) is 13.9. The molecule has 2 aliphatic rings. The molecule has 0 unspecified atom stereocenters. The zero-order valence-electron chi connectivity index (χ0n) is 23.2. The fourth-order valence-corrected chi connectivity index (χ4v) is 7.36. The van der Waals surface area contributed by atoms with Gasteiger partial charge in [0.25, 0.3) is 5.56 Å². The Morgan fingerprint density at radius 1 is 1.02 bits per heavy atom. The van der Waals surface area contributed by atoms with Crippen LogP contribution in [0, 0.1) is 0 Å². The fourth-order valence-electron chi connectivity index (χ4n) is 5.73. The van der Waals surface area contributed by atoms with Gasteiger partial charge in [0.1, 0.15) is 18.1 Å². The van der Waals surface area contributed by atoms with Gasteiger partial charge < -0.3 is 9.47 Å². The second-order valence-electron chi connectivity index (χ2n) is 10.5. The van der Waals surface area contributed by atoms with Gasteiger partial charge in [0.05, 0.1) is 27.9 Å². The van der Waals surface area contributed by atoms with E-state index in [4.69, 9.17) is 26.1 Å². The molecule has 0 bridgehead atoms. The second-order valence-corrected chi connectivity index (χ2v) is 12.8. The molecule has 0 radical (unpaired) electrons. The molecule has 2 heterocycles. The molecule has 1 aromatic heterocycles. The number of thiazole rings is 1. The number of hydrogen-bond acceptors (Lipinski definition) is 5. The lowest BCUT2D eigenvalue weighted by molar-refractivity contribution is 0.304. The summed E-state index contributed by atoms with van der Waals surface area (Å²) in [6.07, 6.45) is 3.70. The molecule has 0 saturated heterocycles. The lowest BCUT2D eigenvalue weighted by atomic mass is 9.83. The van der Waals surface area contributed by atoms with Crippen LogP contribution in [0.2, 0.25) is 5.02 Å². The van der Waals surface area contributed by atoms with Crippen molar-refractivity contribution < 1.29 is 9.47 Å². The summed E-state index contributed by atoms with van der Waals surface area (Å²) in [5, 5.41) is 0.694. The number of aryl methyl sites for hydroxylation is 1. The van der Waals surface area contributed by atoms with Crippen LogP contribution in [0.5, 0.6) is 11.5 Å². The lowest BCUT2D eigenvalue weighted by Gasteiger charge is -2.30. The first-order valence-corrected chi connectivity index (χ1v) is 15.9. The van der Waals surface area contributed by atoms with Crippen LogP contribution in [0.3, 0.4) is 0 Å². The topological polar surface area (TPSA) is 52.8 Å². The van der Waals surface area contributed by atoms with Crippen molar-refractivity contribution in [2.24, 2.45) is 4.99 Å². The van der Waals surface area contributed by atoms with Crippen molar-refractivity contribution in [1.82, 2.24) is 4.57 Å². The highest BCUT2D eigenvalue weighted by Crippen LogP contribution is 2.41. The van der Waals surface area contributed by atoms with E-state index in [1.807, 2.05) is 65.2 Å². The van der Waals surface area contributed by atoms with E-state index in [0.717, 1.165) is 56.8 Å². The summed E-state index contributed by atoms with van der Waals surface area (Å²) in [4.78, 5) is 19.9. The summed E-state index contributed by atoms with van der Waals surface area (Å²) >= 11 is 11.1. The molecular weight excluding hydrogens is 644 g/mol. The monoisotopic (exact) mass is 668 g/mol. The van der Waals surface area contributed by atoms with Gasteiger partial charge in [-0.05, 0) is 99.1 Å². The summed E-state index contributed by atoms with van der Waals surface area (Å²) in [6.45, 7) is 0.423. The van der Waals surface area contributed by atoms with Gasteiger partial charge in [0.15, 0.2) is 4.80 Å². The number of nitrogens with zero attached hydrogens (tertiary/aromatic N) is 2. The number of benzene rings is 4. The molecule has 5 aromatic rings. The maximum Gasteiger partial charge on any atom is 0.271 e. The van der Waals surface area contributed by atoms with Gasteiger partial charge in [-0.1, -0.05) is 77.5 Å². The number of hydrogen-bond donors (Lipinski definition) is 0. The van der Waals surface area contributed by atoms with E-state index < -0.39 is 0 Å². The van der Waals surface area contributed by atoms with Crippen molar-refractivity contribution in [1.29, 1.82) is 0 Å². The van der Waals surface area contributed by atoms with Crippen molar-refractivity contribution in [3.63, 3.8) is 0 Å². The smallest absolute Gasteiger partial charge is 0.271 e. The number of allylic oxidation sites excluding steroid dienone is 1. The predicted molar refractivity (Wildman–Crippen MR) is 176 cm³/mol. The Kier molecular flexibility index (Phi) is 7.55. The minimum absolute atomic E-state index is 0.0471. The molecule has 0 spiro atoms. The minimum atomic E-state index is -0.233. The molecule has 1 atom stereocenters. The second kappa shape index (κ2) is 11.6. The third-order valence-electron chi connectivity index (χ3n) is 7.87. The van der Waals surface area contributed by atoms with Crippen molar-refractivity contribution in [3.05, 3.63) is 154 Å². The largest absolute Gasteiger partial charge is 0.497 e. The van der Waals surface area contributed by atoms with Gasteiger partial charge in [-0.3, -0.25) is 9.36 Å². The Balaban J connectivity index is 1.28. The Hall–Kier alpha value is -3.91. The summed E-state index contributed by atoms with van der Waals surface area (Å²) in [5.41, 5.74) is 7.52. The van der Waals surface area contributed by atoms with Crippen LogP contribution >= 0.6 is 38.9 Å². The summed E-state index contributed by atoms with van der Waals surface area (Å²) < 4.78 is 14.7. The molecule has 8 heteroatoms. The van der Waals surface area contributed by atoms with Crippen LogP contribution in [-0.4, -0.2) is 11.7 Å². The quantitative estimate of drug-likeness (QED) is 0.190. The van der Waals surface area contributed by atoms with E-state index in [1.54, 1.807) is 7.11 Å². The number of ether oxygens (including phenoxy) is 2. The molecule has 0 fully saturated rings. The maximum atomic E-state index is 14.1. The maximum absolute atomic E-state index is 14.1. The van der Waals surface area contributed by atoms with Gasteiger partial charge in [-0.15, -0.1) is 0 Å². The average Bonchev–Trinajstić information content (AvgIpc) is 3.34. The van der Waals surface area contributed by atoms with Gasteiger partial charge in [0, 0.05) is 10.6 Å². The average molecular weight is 670 g/mol. The summed E-state index contributed by atoms with van der Waals surface area (Å²) in [6, 6.07) is 29.7. The molecule has 1 aliphatic carbocycles. The Morgan fingerprint density at radius 2 is 1.81 bits per heavy atom. The van der Waals surface area contributed by atoms with Crippen molar-refractivity contribution in [2.45, 2.75) is 25.5 Å². The highest BCUT2D eigenvalue weighted by molar-refractivity contribution is 9.10. The highest BCUT2D eigenvalue weighted by Gasteiger charge is 2.32. The SMILES string of the molecule is COc1ccc([C@H]2C3=C(N=c4s/c(=C\c5ccc(OCc6ccc(Cl)cc6)c(Br)c5)c(=O)n42)c2ccccc2CC3)cc1. The van der Waals surface area contributed by atoms with Crippen molar-refractivity contribution in [2.75, 3.05) is 7.11 Å². The Labute approximate surface area is 266 Å². The van der Waals surface area contributed by atoms with E-state index in [1.165, 1.54) is 22.5 Å². The van der Waals surface area contributed by atoms with Gasteiger partial charge >= 0.3 is 0 Å². The summed E-state index contributed by atoms with van der Waals surface area (Å²) in [7, 11) is 1.66. The number of aromatic nitrogens is 1. The molecule has 0 N–H and O–H groups in total. The van der Waals surface area contributed by atoms with Crippen LogP contribution in [0.25, 0.3) is 11.8 Å². The minimum Gasteiger partial charge on any atom is -0.497 e. The van der Waals surface area contributed by atoms with Crippen molar-refractivity contribution in [3.8, 4) is 11.5 Å². The number of fused-ring (bicyclic) bond motifs is 3. The fraction of sp³-hybridized carbons (Fsp3) is 0.143. The molecular formula is C35H26BrClN2O3S. The molecule has 0 saturated carbocycles. The van der Waals surface area contributed by atoms with E-state index in [2.05, 4.69) is 52.3 Å². The van der Waals surface area contributed by atoms with Crippen LogP contribution in [-0.2, 0) is 13.0 Å². The Bertz CT molecular complexity index is 2060. The van der Waals surface area contributed by atoms with Crippen molar-refractivity contribution >= 4 is 50.6 Å². The van der Waals surface area contributed by atoms with E-state index >= 15 is 0 Å². The van der Waals surface area contributed by atoms with E-state index in [0.29, 0.717) is 21.0 Å². The van der Waals surface area contributed by atoms with Crippen LogP contribution < -0.4 is 24.4 Å². The zero-order chi connectivity index (χ0) is 29.5. The molecule has 43 heavy (non-hydrogen) atoms. The van der Waals surface area contributed by atoms with Gasteiger partial charge in [-0.2, -0.15) is 0 Å². The van der Waals surface area contributed by atoms with E-state index in [9.17, 15) is 4.79 Å². The predicted octanol–water partition coefficient (Wildman–Crippen LogP) is 7.32. The van der Waals surface area contributed by atoms with Crippen LogP contribution in [0.1, 0.15) is 40.3 Å². The van der Waals surface area contributed by atoms with E-state index in [-0.39, 0.29) is 11.6 Å². The third kappa shape index (κ3) is 5.37. The number of halogens is 2. The molecule has 214 valence electrons. The highest BCUT2D eigenvalue weighted by atomic mass is 79.9.